The fraction of sp³-hybridized carbons (Fsp3) is 0.357. The molecule has 0 aliphatic carbocycles. The van der Waals surface area contributed by atoms with Crippen LogP contribution in [0.25, 0.3) is 11.0 Å². The Balaban J connectivity index is 1.99. The van der Waals surface area contributed by atoms with E-state index < -0.39 is 16.9 Å². The van der Waals surface area contributed by atoms with E-state index in [0.29, 0.717) is 29.8 Å². The summed E-state index contributed by atoms with van der Waals surface area (Å²) in [5.41, 5.74) is 0.885. The van der Waals surface area contributed by atoms with Crippen LogP contribution >= 0.6 is 0 Å². The number of carboxylic acid groups (broad SMARTS) is 1. The van der Waals surface area contributed by atoms with E-state index in [4.69, 9.17) is 0 Å². The summed E-state index contributed by atoms with van der Waals surface area (Å²) in [5, 5.41) is 20.1. The monoisotopic (exact) mass is 302 g/mol. The van der Waals surface area contributed by atoms with Crippen LogP contribution in [0.4, 0.5) is 11.5 Å². The average molecular weight is 302 g/mol. The molecule has 114 valence electrons. The lowest BCUT2D eigenvalue weighted by molar-refractivity contribution is -0.384. The van der Waals surface area contributed by atoms with Crippen LogP contribution in [0, 0.1) is 10.1 Å². The molecule has 3 rings (SSSR count). The van der Waals surface area contributed by atoms with E-state index in [2.05, 4.69) is 9.97 Å². The normalized spacial score (nSPS) is 18.4. The second kappa shape index (κ2) is 5.55. The van der Waals surface area contributed by atoms with E-state index >= 15 is 0 Å². The lowest BCUT2D eigenvalue weighted by atomic mass is 10.0. The van der Waals surface area contributed by atoms with Gasteiger partial charge < -0.3 is 10.0 Å². The number of carboxylic acids is 1. The maximum Gasteiger partial charge on any atom is 0.326 e. The molecule has 22 heavy (non-hydrogen) atoms. The Morgan fingerprint density at radius 3 is 2.91 bits per heavy atom. The van der Waals surface area contributed by atoms with E-state index in [1.165, 1.54) is 24.4 Å². The van der Waals surface area contributed by atoms with Crippen molar-refractivity contribution in [2.24, 2.45) is 0 Å². The topological polar surface area (TPSA) is 109 Å². The number of piperidine rings is 1. The summed E-state index contributed by atoms with van der Waals surface area (Å²) in [4.78, 5) is 32.0. The number of rotatable bonds is 3. The molecule has 8 nitrogen and oxygen atoms in total. The lowest BCUT2D eigenvalue weighted by Gasteiger charge is -2.33. The molecule has 0 saturated carbocycles. The molecule has 8 heteroatoms. The summed E-state index contributed by atoms with van der Waals surface area (Å²) in [5.74, 6) is -0.376. The number of nitro benzene ring substituents is 1. The number of carbonyl (C=O) groups is 1. The van der Waals surface area contributed by atoms with Crippen LogP contribution in [0.3, 0.4) is 0 Å². The predicted molar refractivity (Wildman–Crippen MR) is 78.8 cm³/mol. The number of hydrogen-bond acceptors (Lipinski definition) is 6. The van der Waals surface area contributed by atoms with Crippen molar-refractivity contribution in [3.05, 3.63) is 34.5 Å². The van der Waals surface area contributed by atoms with Gasteiger partial charge in [-0.2, -0.15) is 0 Å². The number of fused-ring (bicyclic) bond motifs is 1. The van der Waals surface area contributed by atoms with Crippen molar-refractivity contribution in [1.82, 2.24) is 9.97 Å². The third kappa shape index (κ3) is 2.54. The molecule has 0 bridgehead atoms. The van der Waals surface area contributed by atoms with Crippen molar-refractivity contribution in [2.45, 2.75) is 25.3 Å². The molecule has 0 radical (unpaired) electrons. The zero-order valence-electron chi connectivity index (χ0n) is 11.7. The molecule has 2 aromatic rings. The van der Waals surface area contributed by atoms with Gasteiger partial charge in [-0.25, -0.2) is 9.78 Å². The Morgan fingerprint density at radius 1 is 1.36 bits per heavy atom. The number of aromatic nitrogens is 2. The largest absolute Gasteiger partial charge is 0.480 e. The fourth-order valence-electron chi connectivity index (χ4n) is 2.70. The Morgan fingerprint density at radius 2 is 2.18 bits per heavy atom. The summed E-state index contributed by atoms with van der Waals surface area (Å²) < 4.78 is 0. The zero-order valence-corrected chi connectivity index (χ0v) is 11.7. The second-order valence-electron chi connectivity index (χ2n) is 5.20. The van der Waals surface area contributed by atoms with Crippen molar-refractivity contribution in [3.63, 3.8) is 0 Å². The molecular formula is C14H14N4O4. The van der Waals surface area contributed by atoms with Crippen molar-refractivity contribution in [1.29, 1.82) is 0 Å². The summed E-state index contributed by atoms with van der Waals surface area (Å²) >= 11 is 0. The van der Waals surface area contributed by atoms with E-state index in [0.717, 1.165) is 12.8 Å². The molecule has 1 aliphatic heterocycles. The van der Waals surface area contributed by atoms with Gasteiger partial charge in [0, 0.05) is 18.7 Å². The fourth-order valence-corrected chi connectivity index (χ4v) is 2.70. The van der Waals surface area contributed by atoms with Gasteiger partial charge in [0.2, 0.25) is 0 Å². The molecule has 1 aliphatic rings. The molecule has 0 amide bonds. The van der Waals surface area contributed by atoms with E-state index in [1.54, 1.807) is 4.90 Å². The van der Waals surface area contributed by atoms with Gasteiger partial charge in [-0.05, 0) is 25.3 Å². The first-order chi connectivity index (χ1) is 10.6. The van der Waals surface area contributed by atoms with E-state index in [9.17, 15) is 20.0 Å². The molecule has 1 aromatic carbocycles. The minimum absolute atomic E-state index is 0.0454. The number of anilines is 1. The van der Waals surface area contributed by atoms with Crippen molar-refractivity contribution in [2.75, 3.05) is 11.4 Å². The van der Waals surface area contributed by atoms with Crippen LogP contribution in [-0.4, -0.2) is 38.6 Å². The highest BCUT2D eigenvalue weighted by atomic mass is 16.6. The van der Waals surface area contributed by atoms with Crippen LogP contribution in [0.2, 0.25) is 0 Å². The number of non-ortho nitro benzene ring substituents is 1. The number of aliphatic carboxylic acids is 1. The number of nitrogens with zero attached hydrogens (tertiary/aromatic N) is 4. The molecule has 1 N–H and O–H groups in total. The van der Waals surface area contributed by atoms with Crippen LogP contribution in [0.5, 0.6) is 0 Å². The molecule has 1 aromatic heterocycles. The highest BCUT2D eigenvalue weighted by molar-refractivity contribution is 5.81. The first kappa shape index (κ1) is 14.2. The van der Waals surface area contributed by atoms with Crippen LogP contribution < -0.4 is 4.90 Å². The van der Waals surface area contributed by atoms with Gasteiger partial charge in [0.05, 0.1) is 22.2 Å². The molecule has 1 saturated heterocycles. The zero-order chi connectivity index (χ0) is 15.7. The van der Waals surface area contributed by atoms with Crippen molar-refractivity contribution < 1.29 is 14.8 Å². The Bertz CT molecular complexity index is 749. The highest BCUT2D eigenvalue weighted by Crippen LogP contribution is 2.25. The summed E-state index contributed by atoms with van der Waals surface area (Å²) in [6.07, 6.45) is 3.84. The quantitative estimate of drug-likeness (QED) is 0.681. The Hall–Kier alpha value is -2.77. The number of nitro groups is 1. The molecule has 1 fully saturated rings. The van der Waals surface area contributed by atoms with E-state index in [-0.39, 0.29) is 5.69 Å². The molecule has 1 atom stereocenters. The average Bonchev–Trinajstić information content (AvgIpc) is 2.53. The van der Waals surface area contributed by atoms with Crippen molar-refractivity contribution >= 4 is 28.5 Å². The van der Waals surface area contributed by atoms with Crippen LogP contribution in [0.15, 0.2) is 24.4 Å². The molecular weight excluding hydrogens is 288 g/mol. The van der Waals surface area contributed by atoms with Gasteiger partial charge in [-0.1, -0.05) is 0 Å². The van der Waals surface area contributed by atoms with Gasteiger partial charge in [-0.3, -0.25) is 15.1 Å². The van der Waals surface area contributed by atoms with Gasteiger partial charge >= 0.3 is 5.97 Å². The summed E-state index contributed by atoms with van der Waals surface area (Å²) in [6.45, 7) is 0.615. The van der Waals surface area contributed by atoms with Crippen molar-refractivity contribution in [3.8, 4) is 0 Å². The Kier molecular flexibility index (Phi) is 3.58. The SMILES string of the molecule is O=C(O)[C@H]1CCCCN1c1cnc2cc([N+](=O)[O-])ccc2n1. The van der Waals surface area contributed by atoms with Crippen LogP contribution in [-0.2, 0) is 4.79 Å². The van der Waals surface area contributed by atoms with E-state index in [1.807, 2.05) is 0 Å². The number of hydrogen-bond donors (Lipinski definition) is 1. The molecule has 0 spiro atoms. The Labute approximate surface area is 125 Å². The summed E-state index contributed by atoms with van der Waals surface area (Å²) in [7, 11) is 0. The first-order valence-corrected chi connectivity index (χ1v) is 6.97. The predicted octanol–water partition coefficient (Wildman–Crippen LogP) is 1.98. The standard InChI is InChI=1S/C14H14N4O4/c19-14(20)12-3-1-2-6-17(12)13-8-15-11-7-9(18(21)22)4-5-10(11)16-13/h4-5,7-8,12H,1-3,6H2,(H,19,20)/t12-/m1/s1. The van der Waals surface area contributed by atoms with Gasteiger partial charge in [0.25, 0.3) is 5.69 Å². The van der Waals surface area contributed by atoms with Gasteiger partial charge in [0.1, 0.15) is 11.9 Å². The first-order valence-electron chi connectivity index (χ1n) is 6.97. The third-order valence-electron chi connectivity index (χ3n) is 3.81. The highest BCUT2D eigenvalue weighted by Gasteiger charge is 2.29. The molecule has 2 heterocycles. The smallest absolute Gasteiger partial charge is 0.326 e. The molecule has 0 unspecified atom stereocenters. The van der Waals surface area contributed by atoms with Gasteiger partial charge in [-0.15, -0.1) is 0 Å². The minimum Gasteiger partial charge on any atom is -0.480 e. The minimum atomic E-state index is -0.870. The maximum atomic E-state index is 11.4. The lowest BCUT2D eigenvalue weighted by Crippen LogP contribution is -2.45. The summed E-state index contributed by atoms with van der Waals surface area (Å²) in [6, 6.07) is 3.66. The second-order valence-corrected chi connectivity index (χ2v) is 5.20. The van der Waals surface area contributed by atoms with Crippen LogP contribution in [0.1, 0.15) is 19.3 Å². The number of benzene rings is 1. The maximum absolute atomic E-state index is 11.4. The third-order valence-corrected chi connectivity index (χ3v) is 3.81. The van der Waals surface area contributed by atoms with Gasteiger partial charge in [0.15, 0.2) is 0 Å².